The third-order valence-corrected chi connectivity index (χ3v) is 3.09. The lowest BCUT2D eigenvalue weighted by molar-refractivity contribution is 0.627. The Labute approximate surface area is 104 Å². The van der Waals surface area contributed by atoms with E-state index in [1.54, 1.807) is 18.2 Å². The molecule has 0 aliphatic heterocycles. The number of nitrogens with one attached hydrogen (secondary N) is 1. The highest BCUT2D eigenvalue weighted by Crippen LogP contribution is 2.38. The topological polar surface area (TPSA) is 45.8 Å². The first-order valence-corrected chi connectivity index (χ1v) is 6.05. The van der Waals surface area contributed by atoms with Crippen molar-refractivity contribution in [3.05, 3.63) is 63.6 Å². The summed E-state index contributed by atoms with van der Waals surface area (Å²) in [6.45, 7) is 0. The summed E-state index contributed by atoms with van der Waals surface area (Å²) in [5.41, 5.74) is 1.72. The van der Waals surface area contributed by atoms with Crippen LogP contribution in [0.1, 0.15) is 35.8 Å². The molecule has 1 aromatic heterocycles. The minimum atomic E-state index is -0.257. The Bertz CT molecular complexity index is 614. The van der Waals surface area contributed by atoms with E-state index >= 15 is 0 Å². The van der Waals surface area contributed by atoms with Crippen LogP contribution in [0.15, 0.2) is 35.1 Å². The van der Waals surface area contributed by atoms with Gasteiger partial charge in [0.1, 0.15) is 11.6 Å². The fourth-order valence-corrected chi connectivity index (χ4v) is 2.00. The molecule has 1 aliphatic rings. The molecule has 1 N–H and O–H groups in total. The van der Waals surface area contributed by atoms with Crippen molar-refractivity contribution < 1.29 is 4.39 Å². The summed E-state index contributed by atoms with van der Waals surface area (Å²) in [6.07, 6.45) is 2.76. The van der Waals surface area contributed by atoms with Crippen LogP contribution < -0.4 is 5.56 Å². The number of benzene rings is 1. The van der Waals surface area contributed by atoms with Gasteiger partial charge >= 0.3 is 0 Å². The molecule has 3 rings (SSSR count). The van der Waals surface area contributed by atoms with Crippen LogP contribution in [0.2, 0.25) is 0 Å². The van der Waals surface area contributed by atoms with E-state index < -0.39 is 0 Å². The molecule has 1 heterocycles. The zero-order valence-corrected chi connectivity index (χ0v) is 9.82. The lowest BCUT2D eigenvalue weighted by Gasteiger charge is -2.03. The first-order valence-electron chi connectivity index (χ1n) is 6.05. The number of halogens is 1. The number of rotatable bonds is 3. The van der Waals surface area contributed by atoms with Crippen LogP contribution in [-0.2, 0) is 6.42 Å². The van der Waals surface area contributed by atoms with Crippen LogP contribution in [0.3, 0.4) is 0 Å². The first kappa shape index (κ1) is 11.1. The molecule has 2 aromatic rings. The molecular formula is C14H13FN2O. The van der Waals surface area contributed by atoms with E-state index in [-0.39, 0.29) is 11.4 Å². The van der Waals surface area contributed by atoms with Gasteiger partial charge < -0.3 is 4.98 Å². The van der Waals surface area contributed by atoms with Crippen LogP contribution in [0.25, 0.3) is 0 Å². The van der Waals surface area contributed by atoms with E-state index in [0.29, 0.717) is 18.2 Å². The van der Waals surface area contributed by atoms with Gasteiger partial charge in [-0.1, -0.05) is 12.1 Å². The minimum absolute atomic E-state index is 0.107. The third-order valence-electron chi connectivity index (χ3n) is 3.09. The zero-order valence-electron chi connectivity index (χ0n) is 9.82. The molecule has 0 bridgehead atoms. The summed E-state index contributed by atoms with van der Waals surface area (Å²) in [5.74, 6) is 0.849. The molecule has 0 radical (unpaired) electrons. The van der Waals surface area contributed by atoms with Gasteiger partial charge in [0.15, 0.2) is 0 Å². The van der Waals surface area contributed by atoms with Crippen molar-refractivity contribution in [2.24, 2.45) is 0 Å². The Hall–Kier alpha value is -1.97. The van der Waals surface area contributed by atoms with Gasteiger partial charge in [-0.05, 0) is 30.5 Å². The molecule has 1 fully saturated rings. The summed E-state index contributed by atoms with van der Waals surface area (Å²) in [4.78, 5) is 18.7. The van der Waals surface area contributed by atoms with Crippen LogP contribution in [0.4, 0.5) is 4.39 Å². The van der Waals surface area contributed by atoms with Crippen molar-refractivity contribution in [1.82, 2.24) is 9.97 Å². The summed E-state index contributed by atoms with van der Waals surface area (Å²) in [7, 11) is 0. The second kappa shape index (κ2) is 4.37. The smallest absolute Gasteiger partial charge is 0.251 e. The quantitative estimate of drug-likeness (QED) is 0.901. The summed E-state index contributed by atoms with van der Waals surface area (Å²) < 4.78 is 12.8. The van der Waals surface area contributed by atoms with E-state index in [1.165, 1.54) is 12.1 Å². The molecule has 1 aliphatic carbocycles. The molecule has 1 aromatic carbocycles. The predicted octanol–water partition coefficient (Wildman–Crippen LogP) is 2.38. The minimum Gasteiger partial charge on any atom is -0.310 e. The molecule has 1 saturated carbocycles. The number of nitrogens with zero attached hydrogens (tertiary/aromatic N) is 1. The Morgan fingerprint density at radius 1 is 1.28 bits per heavy atom. The maximum absolute atomic E-state index is 12.8. The van der Waals surface area contributed by atoms with E-state index in [0.717, 1.165) is 24.1 Å². The van der Waals surface area contributed by atoms with Crippen LogP contribution in [0.5, 0.6) is 0 Å². The molecule has 18 heavy (non-hydrogen) atoms. The van der Waals surface area contributed by atoms with Gasteiger partial charge in [-0.3, -0.25) is 4.79 Å². The Balaban J connectivity index is 1.87. The van der Waals surface area contributed by atoms with Crippen molar-refractivity contribution in [1.29, 1.82) is 0 Å². The van der Waals surface area contributed by atoms with Gasteiger partial charge in [0.25, 0.3) is 5.56 Å². The lowest BCUT2D eigenvalue weighted by atomic mass is 10.1. The van der Waals surface area contributed by atoms with Crippen molar-refractivity contribution in [3.63, 3.8) is 0 Å². The van der Waals surface area contributed by atoms with Crippen molar-refractivity contribution in [2.45, 2.75) is 25.2 Å². The number of H-pyrrole nitrogens is 1. The predicted molar refractivity (Wildman–Crippen MR) is 66.0 cm³/mol. The van der Waals surface area contributed by atoms with Crippen LogP contribution in [0, 0.1) is 5.82 Å². The SMILES string of the molecule is O=c1cc(C2CC2)nc(Cc2ccc(F)cc2)[nH]1. The molecule has 0 saturated heterocycles. The first-order chi connectivity index (χ1) is 8.70. The third kappa shape index (κ3) is 2.47. The Morgan fingerprint density at radius 2 is 2.00 bits per heavy atom. The van der Waals surface area contributed by atoms with Crippen LogP contribution >= 0.6 is 0 Å². The maximum Gasteiger partial charge on any atom is 0.251 e. The molecule has 0 atom stereocenters. The van der Waals surface area contributed by atoms with Gasteiger partial charge in [-0.15, -0.1) is 0 Å². The fourth-order valence-electron chi connectivity index (χ4n) is 2.00. The van der Waals surface area contributed by atoms with Gasteiger partial charge in [0.05, 0.1) is 5.69 Å². The highest BCUT2D eigenvalue weighted by molar-refractivity contribution is 5.21. The van der Waals surface area contributed by atoms with Crippen molar-refractivity contribution >= 4 is 0 Å². The highest BCUT2D eigenvalue weighted by Gasteiger charge is 2.25. The molecule has 4 heteroatoms. The Kier molecular flexibility index (Phi) is 2.70. The molecule has 0 amide bonds. The summed E-state index contributed by atoms with van der Waals surface area (Å²) in [6, 6.07) is 7.82. The second-order valence-corrected chi connectivity index (χ2v) is 4.69. The highest BCUT2D eigenvalue weighted by atomic mass is 19.1. The second-order valence-electron chi connectivity index (χ2n) is 4.69. The van der Waals surface area contributed by atoms with Crippen molar-refractivity contribution in [3.8, 4) is 0 Å². The van der Waals surface area contributed by atoms with E-state index in [9.17, 15) is 9.18 Å². The molecule has 92 valence electrons. The van der Waals surface area contributed by atoms with E-state index in [2.05, 4.69) is 9.97 Å². The van der Waals surface area contributed by atoms with Gasteiger partial charge in [-0.2, -0.15) is 0 Å². The normalized spacial score (nSPS) is 14.7. The summed E-state index contributed by atoms with van der Waals surface area (Å²) >= 11 is 0. The number of aromatic nitrogens is 2. The van der Waals surface area contributed by atoms with E-state index in [4.69, 9.17) is 0 Å². The monoisotopic (exact) mass is 244 g/mol. The molecular weight excluding hydrogens is 231 g/mol. The number of hydrogen-bond donors (Lipinski definition) is 1. The average Bonchev–Trinajstić information content (AvgIpc) is 3.15. The number of aromatic amines is 1. The standard InChI is InChI=1S/C14H13FN2O/c15-11-5-1-9(2-6-11)7-13-16-12(10-3-4-10)8-14(18)17-13/h1-2,5-6,8,10H,3-4,7H2,(H,16,17,18). The van der Waals surface area contributed by atoms with Crippen molar-refractivity contribution in [2.75, 3.05) is 0 Å². The maximum atomic E-state index is 12.8. The largest absolute Gasteiger partial charge is 0.310 e. The molecule has 0 spiro atoms. The molecule has 3 nitrogen and oxygen atoms in total. The van der Waals surface area contributed by atoms with Gasteiger partial charge in [0.2, 0.25) is 0 Å². The Morgan fingerprint density at radius 3 is 2.67 bits per heavy atom. The van der Waals surface area contributed by atoms with Gasteiger partial charge in [0, 0.05) is 18.4 Å². The number of hydrogen-bond acceptors (Lipinski definition) is 2. The zero-order chi connectivity index (χ0) is 12.5. The average molecular weight is 244 g/mol. The fraction of sp³-hybridized carbons (Fsp3) is 0.286. The lowest BCUT2D eigenvalue weighted by Crippen LogP contribution is -2.12. The van der Waals surface area contributed by atoms with Gasteiger partial charge in [-0.25, -0.2) is 9.37 Å². The van der Waals surface area contributed by atoms with E-state index in [1.807, 2.05) is 0 Å². The molecule has 0 unspecified atom stereocenters. The summed E-state index contributed by atoms with van der Waals surface area (Å²) in [5, 5.41) is 0. The van der Waals surface area contributed by atoms with Crippen LogP contribution in [-0.4, -0.2) is 9.97 Å².